The summed E-state index contributed by atoms with van der Waals surface area (Å²) >= 11 is 0. The Kier molecular flexibility index (Phi) is 4.78. The lowest BCUT2D eigenvalue weighted by molar-refractivity contribution is 0.104. The standard InChI is InChI=1S/C16H31N3/c1-14-4-6-15(7-5-14)17-8-10-18-11-12-19-9-2-3-16(19)13-18/h14-17H,2-13H2,1H3. The monoisotopic (exact) mass is 265 g/mol. The van der Waals surface area contributed by atoms with Gasteiger partial charge in [0.05, 0.1) is 0 Å². The lowest BCUT2D eigenvalue weighted by atomic mass is 9.87. The highest BCUT2D eigenvalue weighted by Gasteiger charge is 2.30. The van der Waals surface area contributed by atoms with Gasteiger partial charge in [-0.1, -0.05) is 6.92 Å². The molecule has 0 aromatic rings. The summed E-state index contributed by atoms with van der Waals surface area (Å²) in [5.74, 6) is 0.966. The third-order valence-electron chi connectivity index (χ3n) is 5.55. The van der Waals surface area contributed by atoms with E-state index in [0.717, 1.165) is 18.0 Å². The second-order valence-electron chi connectivity index (χ2n) is 7.04. The van der Waals surface area contributed by atoms with E-state index in [4.69, 9.17) is 0 Å². The van der Waals surface area contributed by atoms with Crippen molar-refractivity contribution in [1.29, 1.82) is 0 Å². The molecule has 1 atom stereocenters. The molecular weight excluding hydrogens is 234 g/mol. The summed E-state index contributed by atoms with van der Waals surface area (Å²) in [6.45, 7) is 10.1. The molecule has 2 aliphatic heterocycles. The van der Waals surface area contributed by atoms with Gasteiger partial charge in [0.15, 0.2) is 0 Å². The zero-order valence-corrected chi connectivity index (χ0v) is 12.6. The van der Waals surface area contributed by atoms with Gasteiger partial charge in [-0.3, -0.25) is 9.80 Å². The first-order valence-corrected chi connectivity index (χ1v) is 8.51. The Morgan fingerprint density at radius 3 is 2.68 bits per heavy atom. The van der Waals surface area contributed by atoms with Gasteiger partial charge in [0, 0.05) is 44.8 Å². The van der Waals surface area contributed by atoms with Crippen molar-refractivity contribution < 1.29 is 0 Å². The predicted octanol–water partition coefficient (Wildman–Crippen LogP) is 1.93. The molecule has 3 heteroatoms. The highest BCUT2D eigenvalue weighted by molar-refractivity contribution is 4.87. The van der Waals surface area contributed by atoms with E-state index in [1.165, 1.54) is 77.8 Å². The minimum absolute atomic E-state index is 0.809. The fourth-order valence-electron chi connectivity index (χ4n) is 4.15. The quantitative estimate of drug-likeness (QED) is 0.838. The zero-order chi connectivity index (χ0) is 13.1. The summed E-state index contributed by atoms with van der Waals surface area (Å²) < 4.78 is 0. The van der Waals surface area contributed by atoms with Crippen molar-refractivity contribution in [2.45, 2.75) is 57.5 Å². The van der Waals surface area contributed by atoms with E-state index in [0.29, 0.717) is 0 Å². The number of piperazine rings is 1. The molecule has 2 saturated heterocycles. The van der Waals surface area contributed by atoms with Crippen molar-refractivity contribution >= 4 is 0 Å². The van der Waals surface area contributed by atoms with Crippen molar-refractivity contribution in [3.05, 3.63) is 0 Å². The van der Waals surface area contributed by atoms with Crippen molar-refractivity contribution in [3.8, 4) is 0 Å². The molecule has 3 rings (SSSR count). The maximum Gasteiger partial charge on any atom is 0.0224 e. The van der Waals surface area contributed by atoms with Crippen LogP contribution < -0.4 is 5.32 Å². The van der Waals surface area contributed by atoms with Crippen LogP contribution in [0.15, 0.2) is 0 Å². The lowest BCUT2D eigenvalue weighted by Crippen LogP contribution is -2.51. The SMILES string of the molecule is CC1CCC(NCCN2CCN3CCCC3C2)CC1. The molecule has 3 nitrogen and oxygen atoms in total. The Morgan fingerprint density at radius 2 is 1.84 bits per heavy atom. The number of fused-ring (bicyclic) bond motifs is 1. The smallest absolute Gasteiger partial charge is 0.0224 e. The summed E-state index contributed by atoms with van der Waals surface area (Å²) in [5, 5.41) is 3.79. The minimum Gasteiger partial charge on any atom is -0.313 e. The molecule has 0 radical (unpaired) electrons. The molecule has 2 heterocycles. The normalized spacial score (nSPS) is 37.4. The molecule has 0 aromatic carbocycles. The van der Waals surface area contributed by atoms with Gasteiger partial charge in [0.2, 0.25) is 0 Å². The Balaban J connectivity index is 1.32. The number of nitrogens with zero attached hydrogens (tertiary/aromatic N) is 2. The molecule has 0 amide bonds. The second kappa shape index (κ2) is 6.55. The molecule has 1 aliphatic carbocycles. The van der Waals surface area contributed by atoms with Crippen molar-refractivity contribution in [3.63, 3.8) is 0 Å². The van der Waals surface area contributed by atoms with E-state index in [1.807, 2.05) is 0 Å². The van der Waals surface area contributed by atoms with Crippen LogP contribution in [0.5, 0.6) is 0 Å². The summed E-state index contributed by atoms with van der Waals surface area (Å²) in [7, 11) is 0. The molecule has 19 heavy (non-hydrogen) atoms. The first-order valence-electron chi connectivity index (χ1n) is 8.51. The van der Waals surface area contributed by atoms with E-state index in [-0.39, 0.29) is 0 Å². The highest BCUT2D eigenvalue weighted by atomic mass is 15.3. The molecule has 1 saturated carbocycles. The van der Waals surface area contributed by atoms with Crippen LogP contribution in [0.3, 0.4) is 0 Å². The van der Waals surface area contributed by atoms with Crippen LogP contribution in [-0.2, 0) is 0 Å². The van der Waals surface area contributed by atoms with Crippen LogP contribution >= 0.6 is 0 Å². The minimum atomic E-state index is 0.809. The van der Waals surface area contributed by atoms with Crippen LogP contribution in [0.4, 0.5) is 0 Å². The largest absolute Gasteiger partial charge is 0.313 e. The lowest BCUT2D eigenvalue weighted by Gasteiger charge is -2.38. The first kappa shape index (κ1) is 13.8. The van der Waals surface area contributed by atoms with E-state index in [1.54, 1.807) is 0 Å². The van der Waals surface area contributed by atoms with E-state index in [9.17, 15) is 0 Å². The predicted molar refractivity (Wildman–Crippen MR) is 80.5 cm³/mol. The van der Waals surface area contributed by atoms with Crippen LogP contribution in [0.25, 0.3) is 0 Å². The molecule has 110 valence electrons. The van der Waals surface area contributed by atoms with Gasteiger partial charge >= 0.3 is 0 Å². The van der Waals surface area contributed by atoms with Gasteiger partial charge in [-0.15, -0.1) is 0 Å². The third-order valence-corrected chi connectivity index (χ3v) is 5.55. The van der Waals surface area contributed by atoms with Gasteiger partial charge in [0.25, 0.3) is 0 Å². The number of hydrogen-bond acceptors (Lipinski definition) is 3. The van der Waals surface area contributed by atoms with E-state index >= 15 is 0 Å². The Bertz CT molecular complexity index is 273. The Morgan fingerprint density at radius 1 is 1.00 bits per heavy atom. The molecule has 1 unspecified atom stereocenters. The Hall–Kier alpha value is -0.120. The molecule has 0 spiro atoms. The van der Waals surface area contributed by atoms with Gasteiger partial charge in [-0.05, 0) is 51.0 Å². The fourth-order valence-corrected chi connectivity index (χ4v) is 4.15. The molecule has 0 bridgehead atoms. The highest BCUT2D eigenvalue weighted by Crippen LogP contribution is 2.23. The van der Waals surface area contributed by atoms with Crippen LogP contribution in [0.1, 0.15) is 45.4 Å². The first-order chi connectivity index (χ1) is 9.31. The summed E-state index contributed by atoms with van der Waals surface area (Å²) in [6.07, 6.45) is 8.52. The number of hydrogen-bond donors (Lipinski definition) is 1. The molecule has 0 aromatic heterocycles. The van der Waals surface area contributed by atoms with Gasteiger partial charge in [-0.25, -0.2) is 0 Å². The summed E-state index contributed by atoms with van der Waals surface area (Å²) in [4.78, 5) is 5.39. The van der Waals surface area contributed by atoms with Gasteiger partial charge < -0.3 is 5.32 Å². The maximum absolute atomic E-state index is 3.79. The third kappa shape index (κ3) is 3.71. The molecule has 1 N–H and O–H groups in total. The van der Waals surface area contributed by atoms with Crippen LogP contribution in [0, 0.1) is 5.92 Å². The Labute approximate surface area is 118 Å². The average Bonchev–Trinajstić information content (AvgIpc) is 2.88. The summed E-state index contributed by atoms with van der Waals surface area (Å²) in [6, 6.07) is 1.69. The maximum atomic E-state index is 3.79. The van der Waals surface area contributed by atoms with Gasteiger partial charge in [-0.2, -0.15) is 0 Å². The molecular formula is C16H31N3. The topological polar surface area (TPSA) is 18.5 Å². The van der Waals surface area contributed by atoms with Crippen molar-refractivity contribution in [1.82, 2.24) is 15.1 Å². The van der Waals surface area contributed by atoms with E-state index in [2.05, 4.69) is 22.0 Å². The molecule has 3 fully saturated rings. The second-order valence-corrected chi connectivity index (χ2v) is 7.04. The van der Waals surface area contributed by atoms with Crippen LogP contribution in [0.2, 0.25) is 0 Å². The fraction of sp³-hybridized carbons (Fsp3) is 1.00. The number of rotatable bonds is 4. The van der Waals surface area contributed by atoms with Crippen LogP contribution in [-0.4, -0.2) is 61.2 Å². The van der Waals surface area contributed by atoms with E-state index < -0.39 is 0 Å². The molecule has 3 aliphatic rings. The zero-order valence-electron chi connectivity index (χ0n) is 12.6. The summed E-state index contributed by atoms with van der Waals surface area (Å²) in [5.41, 5.74) is 0. The average molecular weight is 265 g/mol. The van der Waals surface area contributed by atoms with Crippen molar-refractivity contribution in [2.75, 3.05) is 39.3 Å². The van der Waals surface area contributed by atoms with Gasteiger partial charge in [0.1, 0.15) is 0 Å². The van der Waals surface area contributed by atoms with Crippen molar-refractivity contribution in [2.24, 2.45) is 5.92 Å². The number of nitrogens with one attached hydrogen (secondary N) is 1.